The lowest BCUT2D eigenvalue weighted by Crippen LogP contribution is -2.15. The summed E-state index contributed by atoms with van der Waals surface area (Å²) in [4.78, 5) is 11.0. The van der Waals surface area contributed by atoms with Crippen LogP contribution in [0.5, 0.6) is 17.2 Å². The molecule has 1 aromatic carbocycles. The molecule has 0 fully saturated rings. The molecular formula is C10H10O4. The molecule has 0 radical (unpaired) electrons. The highest BCUT2D eigenvalue weighted by Crippen LogP contribution is 2.36. The van der Waals surface area contributed by atoms with Gasteiger partial charge in [0.15, 0.2) is 0 Å². The summed E-state index contributed by atoms with van der Waals surface area (Å²) in [7, 11) is 1.49. The number of hydrogen-bond acceptors (Lipinski definition) is 4. The number of carbonyl (C=O) groups excluding carboxylic acids is 1. The molecule has 0 saturated carbocycles. The van der Waals surface area contributed by atoms with Crippen molar-refractivity contribution in [3.8, 4) is 17.2 Å². The van der Waals surface area contributed by atoms with Gasteiger partial charge in [-0.25, -0.2) is 0 Å². The first-order chi connectivity index (χ1) is 6.70. The summed E-state index contributed by atoms with van der Waals surface area (Å²) in [6, 6.07) is 3.12. The van der Waals surface area contributed by atoms with Gasteiger partial charge in [0.25, 0.3) is 0 Å². The fraction of sp³-hybridized carbons (Fsp3) is 0.300. The molecule has 0 atom stereocenters. The molecule has 1 aromatic rings. The number of rotatable bonds is 1. The molecule has 1 heterocycles. The van der Waals surface area contributed by atoms with E-state index in [1.165, 1.54) is 13.2 Å². The van der Waals surface area contributed by atoms with Crippen molar-refractivity contribution in [1.82, 2.24) is 0 Å². The second-order valence-corrected chi connectivity index (χ2v) is 3.10. The van der Waals surface area contributed by atoms with Gasteiger partial charge in [0.05, 0.1) is 13.5 Å². The van der Waals surface area contributed by atoms with Crippen molar-refractivity contribution in [3.05, 3.63) is 17.7 Å². The number of esters is 1. The molecule has 0 amide bonds. The van der Waals surface area contributed by atoms with Crippen molar-refractivity contribution < 1.29 is 19.4 Å². The largest absolute Gasteiger partial charge is 0.507 e. The molecule has 0 unspecified atom stereocenters. The van der Waals surface area contributed by atoms with Crippen LogP contribution in [0.25, 0.3) is 0 Å². The number of carbonyl (C=O) groups is 1. The van der Waals surface area contributed by atoms with Gasteiger partial charge in [-0.3, -0.25) is 4.79 Å². The van der Waals surface area contributed by atoms with E-state index < -0.39 is 0 Å². The van der Waals surface area contributed by atoms with E-state index in [-0.39, 0.29) is 11.7 Å². The molecule has 74 valence electrons. The summed E-state index contributed by atoms with van der Waals surface area (Å²) >= 11 is 0. The maximum atomic E-state index is 11.0. The number of hydrogen-bond donors (Lipinski definition) is 1. The molecule has 2 rings (SSSR count). The molecule has 14 heavy (non-hydrogen) atoms. The van der Waals surface area contributed by atoms with Crippen LogP contribution in [0.4, 0.5) is 0 Å². The van der Waals surface area contributed by atoms with Gasteiger partial charge in [-0.1, -0.05) is 0 Å². The summed E-state index contributed by atoms with van der Waals surface area (Å²) in [5.74, 6) is 0.728. The normalized spacial score (nSPS) is 14.5. The lowest BCUT2D eigenvalue weighted by atomic mass is 10.0. The highest BCUT2D eigenvalue weighted by atomic mass is 16.5. The maximum Gasteiger partial charge on any atom is 0.311 e. The van der Waals surface area contributed by atoms with Crippen molar-refractivity contribution in [2.75, 3.05) is 7.11 Å². The Bertz CT molecular complexity index is 384. The number of phenolic OH excluding ortho intramolecular Hbond substituents is 1. The number of benzene rings is 1. The fourth-order valence-electron chi connectivity index (χ4n) is 1.47. The smallest absolute Gasteiger partial charge is 0.311 e. The first-order valence-corrected chi connectivity index (χ1v) is 4.31. The number of ether oxygens (including phenoxy) is 2. The molecule has 4 heteroatoms. The minimum Gasteiger partial charge on any atom is -0.507 e. The van der Waals surface area contributed by atoms with Gasteiger partial charge in [-0.2, -0.15) is 0 Å². The lowest BCUT2D eigenvalue weighted by molar-refractivity contribution is -0.135. The highest BCUT2D eigenvalue weighted by molar-refractivity contribution is 5.76. The van der Waals surface area contributed by atoms with E-state index in [2.05, 4.69) is 0 Å². The van der Waals surface area contributed by atoms with Crippen LogP contribution in [0.3, 0.4) is 0 Å². The number of aromatic hydroxyl groups is 1. The Morgan fingerprint density at radius 3 is 2.93 bits per heavy atom. The zero-order chi connectivity index (χ0) is 10.1. The molecular weight excluding hydrogens is 184 g/mol. The van der Waals surface area contributed by atoms with Crippen molar-refractivity contribution in [1.29, 1.82) is 0 Å². The van der Waals surface area contributed by atoms with Crippen molar-refractivity contribution >= 4 is 5.97 Å². The van der Waals surface area contributed by atoms with Crippen LogP contribution < -0.4 is 9.47 Å². The minimum atomic E-state index is -0.273. The number of phenols is 1. The highest BCUT2D eigenvalue weighted by Gasteiger charge is 2.21. The van der Waals surface area contributed by atoms with Crippen LogP contribution in [0, 0.1) is 0 Å². The maximum absolute atomic E-state index is 11.0. The number of fused-ring (bicyclic) bond motifs is 1. The molecule has 0 saturated heterocycles. The predicted molar refractivity (Wildman–Crippen MR) is 48.6 cm³/mol. The molecule has 1 aliphatic rings. The molecule has 1 aliphatic heterocycles. The van der Waals surface area contributed by atoms with Gasteiger partial charge in [0, 0.05) is 17.7 Å². The van der Waals surface area contributed by atoms with Gasteiger partial charge in [0.1, 0.15) is 17.2 Å². The van der Waals surface area contributed by atoms with Crippen molar-refractivity contribution in [2.45, 2.75) is 12.8 Å². The van der Waals surface area contributed by atoms with Crippen LogP contribution in [0.1, 0.15) is 12.0 Å². The Morgan fingerprint density at radius 2 is 2.21 bits per heavy atom. The van der Waals surface area contributed by atoms with Crippen LogP contribution in [-0.2, 0) is 11.2 Å². The van der Waals surface area contributed by atoms with Gasteiger partial charge in [-0.05, 0) is 6.42 Å². The van der Waals surface area contributed by atoms with Gasteiger partial charge in [-0.15, -0.1) is 0 Å². The summed E-state index contributed by atoms with van der Waals surface area (Å²) in [6.07, 6.45) is 0.830. The van der Waals surface area contributed by atoms with E-state index in [0.717, 1.165) is 0 Å². The molecule has 0 aliphatic carbocycles. The summed E-state index contributed by atoms with van der Waals surface area (Å²) in [5.41, 5.74) is 0.672. The summed E-state index contributed by atoms with van der Waals surface area (Å²) in [5, 5.41) is 9.58. The Morgan fingerprint density at radius 1 is 1.43 bits per heavy atom. The van der Waals surface area contributed by atoms with E-state index in [9.17, 15) is 9.90 Å². The molecule has 0 bridgehead atoms. The Hall–Kier alpha value is -1.71. The van der Waals surface area contributed by atoms with Crippen molar-refractivity contribution in [2.24, 2.45) is 0 Å². The molecule has 0 spiro atoms. The topological polar surface area (TPSA) is 55.8 Å². The van der Waals surface area contributed by atoms with Gasteiger partial charge in [0.2, 0.25) is 0 Å². The molecule has 4 nitrogen and oxygen atoms in total. The predicted octanol–water partition coefficient (Wildman–Crippen LogP) is 1.25. The molecule has 0 aromatic heterocycles. The van der Waals surface area contributed by atoms with Crippen LogP contribution in [-0.4, -0.2) is 18.2 Å². The van der Waals surface area contributed by atoms with Crippen LogP contribution in [0.2, 0.25) is 0 Å². The van der Waals surface area contributed by atoms with E-state index >= 15 is 0 Å². The van der Waals surface area contributed by atoms with E-state index in [1.807, 2.05) is 0 Å². The zero-order valence-electron chi connectivity index (χ0n) is 7.74. The Balaban J connectivity index is 2.48. The van der Waals surface area contributed by atoms with E-state index in [4.69, 9.17) is 9.47 Å². The third kappa shape index (κ3) is 1.39. The van der Waals surface area contributed by atoms with E-state index in [1.54, 1.807) is 6.07 Å². The Kier molecular flexibility index (Phi) is 2.04. The summed E-state index contributed by atoms with van der Waals surface area (Å²) < 4.78 is 9.92. The summed E-state index contributed by atoms with van der Waals surface area (Å²) in [6.45, 7) is 0. The number of methoxy groups -OCH3 is 1. The fourth-order valence-corrected chi connectivity index (χ4v) is 1.47. The van der Waals surface area contributed by atoms with Gasteiger partial charge >= 0.3 is 5.97 Å². The van der Waals surface area contributed by atoms with Crippen molar-refractivity contribution in [3.63, 3.8) is 0 Å². The quantitative estimate of drug-likeness (QED) is 0.540. The van der Waals surface area contributed by atoms with E-state index in [0.29, 0.717) is 29.9 Å². The first-order valence-electron chi connectivity index (χ1n) is 4.31. The van der Waals surface area contributed by atoms with Crippen LogP contribution >= 0.6 is 0 Å². The van der Waals surface area contributed by atoms with Crippen LogP contribution in [0.15, 0.2) is 12.1 Å². The minimum absolute atomic E-state index is 0.117. The third-order valence-electron chi connectivity index (χ3n) is 2.20. The average molecular weight is 194 g/mol. The Labute approximate surface area is 81.1 Å². The second-order valence-electron chi connectivity index (χ2n) is 3.10. The zero-order valence-corrected chi connectivity index (χ0v) is 7.74. The second kappa shape index (κ2) is 3.21. The average Bonchev–Trinajstić information content (AvgIpc) is 2.16. The standard InChI is InChI=1S/C10H10O4/c1-13-6-4-8(11)7-2-3-10(12)14-9(7)5-6/h4-5,11H,2-3H2,1H3. The monoisotopic (exact) mass is 194 g/mol. The lowest BCUT2D eigenvalue weighted by Gasteiger charge is -2.17. The van der Waals surface area contributed by atoms with Gasteiger partial charge < -0.3 is 14.6 Å². The SMILES string of the molecule is COc1cc(O)c2c(c1)OC(=O)CC2. The first kappa shape index (κ1) is 8.87. The third-order valence-corrected chi connectivity index (χ3v) is 2.20. The molecule has 1 N–H and O–H groups in total.